The highest BCUT2D eigenvalue weighted by Crippen LogP contribution is 2.26. The van der Waals surface area contributed by atoms with Crippen molar-refractivity contribution in [1.29, 1.82) is 0 Å². The van der Waals surface area contributed by atoms with Gasteiger partial charge < -0.3 is 10.1 Å². The zero-order valence-electron chi connectivity index (χ0n) is 19.0. The number of rotatable bonds is 7. The zero-order valence-corrected chi connectivity index (χ0v) is 19.8. The van der Waals surface area contributed by atoms with E-state index in [1.54, 1.807) is 30.3 Å². The molecule has 0 radical (unpaired) electrons. The highest BCUT2D eigenvalue weighted by atomic mass is 32.2. The summed E-state index contributed by atoms with van der Waals surface area (Å²) in [5.74, 6) is 0.240. The summed E-state index contributed by atoms with van der Waals surface area (Å²) in [5.41, 5.74) is 4.67. The lowest BCUT2D eigenvalue weighted by Gasteiger charge is -2.16. The fourth-order valence-corrected chi connectivity index (χ4v) is 4.22. The van der Waals surface area contributed by atoms with Gasteiger partial charge in [0.2, 0.25) is 10.0 Å². The number of hydrogen-bond donors (Lipinski definition) is 1. The van der Waals surface area contributed by atoms with Crippen LogP contribution >= 0.6 is 0 Å². The Balaban J connectivity index is 1.80. The van der Waals surface area contributed by atoms with Crippen LogP contribution in [0.2, 0.25) is 0 Å². The molecule has 0 saturated heterocycles. The molecule has 1 amide bonds. The molecule has 6 nitrogen and oxygen atoms in total. The number of aryl methyl sites for hydroxylation is 2. The lowest BCUT2D eigenvalue weighted by Crippen LogP contribution is -2.23. The Morgan fingerprint density at radius 2 is 1.69 bits per heavy atom. The van der Waals surface area contributed by atoms with Gasteiger partial charge in [0.05, 0.1) is 4.90 Å². The summed E-state index contributed by atoms with van der Waals surface area (Å²) < 4.78 is 32.1. The molecule has 0 atom stereocenters. The minimum atomic E-state index is -3.62. The number of carbonyl (C=O) groups excluding carboxylic acids is 1. The molecule has 0 aliphatic rings. The van der Waals surface area contributed by atoms with Gasteiger partial charge >= 0.3 is 0 Å². The van der Waals surface area contributed by atoms with Gasteiger partial charge in [0, 0.05) is 25.3 Å². The predicted molar refractivity (Wildman–Crippen MR) is 127 cm³/mol. The lowest BCUT2D eigenvalue weighted by atomic mass is 10.1. The van der Waals surface area contributed by atoms with Crippen molar-refractivity contribution in [3.63, 3.8) is 0 Å². The Hall–Kier alpha value is -3.16. The fraction of sp³-hybridized carbons (Fsp3) is 0.240. The molecule has 0 unspecified atom stereocenters. The molecule has 0 spiro atoms. The molecule has 0 aromatic heterocycles. The third-order valence-corrected chi connectivity index (χ3v) is 7.04. The van der Waals surface area contributed by atoms with Crippen molar-refractivity contribution < 1.29 is 17.9 Å². The van der Waals surface area contributed by atoms with Gasteiger partial charge in [0.1, 0.15) is 12.4 Å². The molecule has 3 aromatic rings. The van der Waals surface area contributed by atoms with Crippen LogP contribution in [0.5, 0.6) is 5.75 Å². The number of carbonyl (C=O) groups is 1. The van der Waals surface area contributed by atoms with E-state index in [4.69, 9.17) is 4.74 Å². The Morgan fingerprint density at radius 3 is 2.38 bits per heavy atom. The van der Waals surface area contributed by atoms with Crippen LogP contribution in [0.3, 0.4) is 0 Å². The Morgan fingerprint density at radius 1 is 0.969 bits per heavy atom. The van der Waals surface area contributed by atoms with Crippen LogP contribution < -0.4 is 10.1 Å². The van der Waals surface area contributed by atoms with Crippen LogP contribution in [0.25, 0.3) is 0 Å². The van der Waals surface area contributed by atoms with Crippen molar-refractivity contribution in [2.24, 2.45) is 0 Å². The van der Waals surface area contributed by atoms with E-state index < -0.39 is 10.0 Å². The van der Waals surface area contributed by atoms with Crippen molar-refractivity contribution in [2.45, 2.75) is 32.3 Å². The minimum Gasteiger partial charge on any atom is -0.489 e. The van der Waals surface area contributed by atoms with E-state index in [0.717, 1.165) is 26.6 Å². The second-order valence-corrected chi connectivity index (χ2v) is 10.1. The highest BCUT2D eigenvalue weighted by molar-refractivity contribution is 7.89. The molecule has 0 saturated carbocycles. The van der Waals surface area contributed by atoms with Gasteiger partial charge in [-0.2, -0.15) is 0 Å². The molecule has 0 heterocycles. The van der Waals surface area contributed by atoms with E-state index in [2.05, 4.69) is 11.4 Å². The Kier molecular flexibility index (Phi) is 7.01. The summed E-state index contributed by atoms with van der Waals surface area (Å²) in [7, 11) is -0.666. The van der Waals surface area contributed by atoms with Gasteiger partial charge in [-0.05, 0) is 67.8 Å². The molecule has 0 aliphatic heterocycles. The first-order chi connectivity index (χ1) is 15.1. The number of anilines is 1. The molecule has 1 N–H and O–H groups in total. The lowest BCUT2D eigenvalue weighted by molar-refractivity contribution is 0.102. The number of nitrogens with zero attached hydrogens (tertiary/aromatic N) is 1. The van der Waals surface area contributed by atoms with Gasteiger partial charge in [-0.25, -0.2) is 12.7 Å². The van der Waals surface area contributed by atoms with E-state index in [1.165, 1.54) is 20.2 Å². The average Bonchev–Trinajstić information content (AvgIpc) is 2.75. The summed E-state index contributed by atoms with van der Waals surface area (Å²) in [6.45, 7) is 6.09. The summed E-state index contributed by atoms with van der Waals surface area (Å²) in [6.07, 6.45) is 0. The van der Waals surface area contributed by atoms with Crippen molar-refractivity contribution >= 4 is 21.6 Å². The third-order valence-electron chi connectivity index (χ3n) is 5.25. The van der Waals surface area contributed by atoms with Crippen LogP contribution in [-0.2, 0) is 16.6 Å². The van der Waals surface area contributed by atoms with Crippen molar-refractivity contribution in [3.05, 3.63) is 88.5 Å². The van der Waals surface area contributed by atoms with E-state index >= 15 is 0 Å². The van der Waals surface area contributed by atoms with Crippen molar-refractivity contribution in [2.75, 3.05) is 19.4 Å². The summed E-state index contributed by atoms with van der Waals surface area (Å²) in [5, 5.41) is 2.85. The maximum Gasteiger partial charge on any atom is 0.255 e. The van der Waals surface area contributed by atoms with Crippen molar-refractivity contribution in [1.82, 2.24) is 4.31 Å². The van der Waals surface area contributed by atoms with Crippen molar-refractivity contribution in [3.8, 4) is 5.75 Å². The predicted octanol–water partition coefficient (Wildman–Crippen LogP) is 4.69. The minimum absolute atomic E-state index is 0.135. The molecular formula is C25H28N2O4S. The second kappa shape index (κ2) is 9.54. The zero-order chi connectivity index (χ0) is 23.5. The fourth-order valence-electron chi connectivity index (χ4n) is 3.21. The van der Waals surface area contributed by atoms with Crippen LogP contribution in [-0.4, -0.2) is 32.7 Å². The van der Waals surface area contributed by atoms with Gasteiger partial charge in [-0.15, -0.1) is 0 Å². The first-order valence-electron chi connectivity index (χ1n) is 10.2. The molecule has 0 aliphatic carbocycles. The Bertz CT molecular complexity index is 1250. The van der Waals surface area contributed by atoms with Gasteiger partial charge in [-0.3, -0.25) is 4.79 Å². The second-order valence-electron chi connectivity index (χ2n) is 7.96. The molecule has 0 fully saturated rings. The topological polar surface area (TPSA) is 75.7 Å². The molecule has 0 bridgehead atoms. The third kappa shape index (κ3) is 5.36. The number of benzene rings is 3. The van der Waals surface area contributed by atoms with Crippen LogP contribution in [0.1, 0.15) is 32.6 Å². The van der Waals surface area contributed by atoms with E-state index in [9.17, 15) is 13.2 Å². The smallest absolute Gasteiger partial charge is 0.255 e. The van der Waals surface area contributed by atoms with E-state index in [-0.39, 0.29) is 10.8 Å². The number of ether oxygens (including phenoxy) is 1. The standard InChI is InChI=1S/C25H28N2O4S/c1-17-8-6-9-20(12-17)16-31-22-11-7-10-21(14-22)25(28)26-24-15-23(13-18(2)19(24)3)32(29,30)27(4)5/h6-15H,16H2,1-5H3,(H,26,28). The largest absolute Gasteiger partial charge is 0.489 e. The first kappa shape index (κ1) is 23.5. The molecule has 7 heteroatoms. The summed E-state index contributed by atoms with van der Waals surface area (Å²) >= 11 is 0. The van der Waals surface area contributed by atoms with E-state index in [0.29, 0.717) is 23.6 Å². The quantitative estimate of drug-likeness (QED) is 0.564. The van der Waals surface area contributed by atoms with Crippen LogP contribution in [0.15, 0.2) is 65.6 Å². The SMILES string of the molecule is Cc1cccc(COc2cccc(C(=O)Nc3cc(S(=O)(=O)N(C)C)cc(C)c3C)c2)c1. The summed E-state index contributed by atoms with van der Waals surface area (Å²) in [4.78, 5) is 13.1. The molecule has 3 aromatic carbocycles. The van der Waals surface area contributed by atoms with Crippen LogP contribution in [0.4, 0.5) is 5.69 Å². The number of hydrogen-bond acceptors (Lipinski definition) is 4. The number of nitrogens with one attached hydrogen (secondary N) is 1. The molecule has 3 rings (SSSR count). The molecular weight excluding hydrogens is 424 g/mol. The molecule has 168 valence electrons. The Labute approximate surface area is 189 Å². The van der Waals surface area contributed by atoms with E-state index in [1.807, 2.05) is 39.0 Å². The average molecular weight is 453 g/mol. The van der Waals surface area contributed by atoms with Gasteiger partial charge in [0.25, 0.3) is 5.91 Å². The summed E-state index contributed by atoms with van der Waals surface area (Å²) in [6, 6.07) is 18.1. The first-order valence-corrected chi connectivity index (χ1v) is 11.7. The highest BCUT2D eigenvalue weighted by Gasteiger charge is 2.20. The maximum absolute atomic E-state index is 12.9. The number of amides is 1. The molecule has 32 heavy (non-hydrogen) atoms. The van der Waals surface area contributed by atoms with Crippen LogP contribution in [0, 0.1) is 20.8 Å². The number of sulfonamides is 1. The van der Waals surface area contributed by atoms with Gasteiger partial charge in [-0.1, -0.05) is 35.9 Å². The maximum atomic E-state index is 12.9. The normalized spacial score (nSPS) is 11.4. The van der Waals surface area contributed by atoms with Gasteiger partial charge in [0.15, 0.2) is 0 Å². The monoisotopic (exact) mass is 452 g/mol.